The van der Waals surface area contributed by atoms with E-state index in [9.17, 15) is 4.79 Å². The molecule has 2 fully saturated rings. The number of rotatable bonds is 2. The van der Waals surface area contributed by atoms with Gasteiger partial charge in [0.25, 0.3) is 0 Å². The van der Waals surface area contributed by atoms with Gasteiger partial charge < -0.3 is 4.74 Å². The Balaban J connectivity index is 2.19. The van der Waals surface area contributed by atoms with Crippen molar-refractivity contribution in [2.45, 2.75) is 45.6 Å². The van der Waals surface area contributed by atoms with Gasteiger partial charge in [0.15, 0.2) is 5.78 Å². The minimum Gasteiger partial charge on any atom is -0.369 e. The summed E-state index contributed by atoms with van der Waals surface area (Å²) in [6.45, 7) is 7.05. The smallest absolute Gasteiger partial charge is 0.152 e. The van der Waals surface area contributed by atoms with Crippen molar-refractivity contribution in [1.29, 1.82) is 0 Å². The molecular weight excluding hydrogens is 188 g/mol. The molecule has 1 aliphatic carbocycles. The van der Waals surface area contributed by atoms with Gasteiger partial charge in [0, 0.05) is 5.92 Å². The maximum Gasteiger partial charge on any atom is 0.152 e. The second kappa shape index (κ2) is 3.44. The number of ketones is 1. The predicted molar refractivity (Wildman–Crippen MR) is 59.6 cm³/mol. The summed E-state index contributed by atoms with van der Waals surface area (Å²) in [4.78, 5) is 11.0. The van der Waals surface area contributed by atoms with Gasteiger partial charge in [-0.3, -0.25) is 4.79 Å². The van der Waals surface area contributed by atoms with Crippen LogP contribution in [0.5, 0.6) is 0 Å². The van der Waals surface area contributed by atoms with Crippen molar-refractivity contribution in [3.05, 3.63) is 12.2 Å². The van der Waals surface area contributed by atoms with Crippen molar-refractivity contribution in [2.75, 3.05) is 6.61 Å². The molecule has 0 radical (unpaired) electrons. The SMILES string of the molecule is CC(=O)C=CC1C(C)(C)CCCC12CO2. The summed E-state index contributed by atoms with van der Waals surface area (Å²) < 4.78 is 5.65. The molecular formula is C13H20O2. The molecule has 2 rings (SSSR count). The van der Waals surface area contributed by atoms with E-state index in [0.29, 0.717) is 5.92 Å². The highest BCUT2D eigenvalue weighted by molar-refractivity contribution is 5.87. The fraction of sp³-hybridized carbons (Fsp3) is 0.769. The van der Waals surface area contributed by atoms with Crippen LogP contribution < -0.4 is 0 Å². The first-order valence-corrected chi connectivity index (χ1v) is 5.79. The molecule has 84 valence electrons. The minimum atomic E-state index is 0.0771. The summed E-state index contributed by atoms with van der Waals surface area (Å²) in [5.74, 6) is 0.537. The molecule has 1 aliphatic heterocycles. The lowest BCUT2D eigenvalue weighted by molar-refractivity contribution is -0.112. The second-order valence-corrected chi connectivity index (χ2v) is 5.64. The first-order chi connectivity index (χ1) is 6.96. The van der Waals surface area contributed by atoms with Gasteiger partial charge >= 0.3 is 0 Å². The van der Waals surface area contributed by atoms with E-state index >= 15 is 0 Å². The molecule has 1 spiro atoms. The average molecular weight is 208 g/mol. The maximum atomic E-state index is 11.0. The largest absolute Gasteiger partial charge is 0.369 e. The zero-order valence-corrected chi connectivity index (χ0v) is 9.88. The lowest BCUT2D eigenvalue weighted by Gasteiger charge is -2.41. The number of hydrogen-bond acceptors (Lipinski definition) is 2. The van der Waals surface area contributed by atoms with Crippen molar-refractivity contribution >= 4 is 5.78 Å². The molecule has 1 saturated carbocycles. The Morgan fingerprint density at radius 3 is 2.60 bits per heavy atom. The molecule has 0 N–H and O–H groups in total. The molecule has 0 amide bonds. The third kappa shape index (κ3) is 2.00. The van der Waals surface area contributed by atoms with Gasteiger partial charge in [-0.05, 0) is 37.7 Å². The molecule has 15 heavy (non-hydrogen) atoms. The predicted octanol–water partition coefficient (Wildman–Crippen LogP) is 2.73. The zero-order valence-electron chi connectivity index (χ0n) is 9.88. The Bertz CT molecular complexity index is 292. The minimum absolute atomic E-state index is 0.0771. The van der Waals surface area contributed by atoms with Crippen LogP contribution in [0.2, 0.25) is 0 Å². The highest BCUT2D eigenvalue weighted by Gasteiger charge is 2.57. The van der Waals surface area contributed by atoms with Gasteiger partial charge in [-0.15, -0.1) is 0 Å². The molecule has 0 bridgehead atoms. The van der Waals surface area contributed by atoms with Crippen LogP contribution >= 0.6 is 0 Å². The van der Waals surface area contributed by atoms with Gasteiger partial charge in [0.1, 0.15) is 0 Å². The topological polar surface area (TPSA) is 29.6 Å². The Kier molecular flexibility index (Phi) is 2.50. The Morgan fingerprint density at radius 2 is 2.07 bits per heavy atom. The fourth-order valence-electron chi connectivity index (χ4n) is 2.95. The Morgan fingerprint density at radius 1 is 1.40 bits per heavy atom. The monoisotopic (exact) mass is 208 g/mol. The molecule has 0 aromatic heterocycles. The normalized spacial score (nSPS) is 38.5. The van der Waals surface area contributed by atoms with Crippen molar-refractivity contribution in [1.82, 2.24) is 0 Å². The van der Waals surface area contributed by atoms with E-state index in [4.69, 9.17) is 4.74 Å². The number of ether oxygens (including phenoxy) is 1. The molecule has 1 saturated heterocycles. The average Bonchev–Trinajstić information content (AvgIpc) is 2.83. The van der Waals surface area contributed by atoms with Crippen LogP contribution in [0.1, 0.15) is 40.0 Å². The van der Waals surface area contributed by atoms with Gasteiger partial charge in [-0.25, -0.2) is 0 Å². The van der Waals surface area contributed by atoms with Gasteiger partial charge in [-0.2, -0.15) is 0 Å². The Hall–Kier alpha value is -0.630. The van der Waals surface area contributed by atoms with Crippen LogP contribution in [0, 0.1) is 11.3 Å². The van der Waals surface area contributed by atoms with Gasteiger partial charge in [0.2, 0.25) is 0 Å². The maximum absolute atomic E-state index is 11.0. The van der Waals surface area contributed by atoms with Crippen molar-refractivity contribution in [2.24, 2.45) is 11.3 Å². The third-order valence-corrected chi connectivity index (χ3v) is 3.87. The van der Waals surface area contributed by atoms with Crippen LogP contribution in [0.4, 0.5) is 0 Å². The van der Waals surface area contributed by atoms with Crippen LogP contribution in [0.3, 0.4) is 0 Å². The van der Waals surface area contributed by atoms with Crippen LogP contribution in [-0.2, 0) is 9.53 Å². The number of carbonyl (C=O) groups is 1. The summed E-state index contributed by atoms with van der Waals surface area (Å²) >= 11 is 0. The highest BCUT2D eigenvalue weighted by Crippen LogP contribution is 2.54. The lowest BCUT2D eigenvalue weighted by Crippen LogP contribution is -2.39. The lowest BCUT2D eigenvalue weighted by atomic mass is 9.63. The van der Waals surface area contributed by atoms with E-state index < -0.39 is 0 Å². The van der Waals surface area contributed by atoms with E-state index in [1.807, 2.05) is 0 Å². The molecule has 2 nitrogen and oxygen atoms in total. The highest BCUT2D eigenvalue weighted by atomic mass is 16.6. The van der Waals surface area contributed by atoms with Crippen molar-refractivity contribution in [3.8, 4) is 0 Å². The molecule has 2 aliphatic rings. The first-order valence-electron chi connectivity index (χ1n) is 5.79. The fourth-order valence-corrected chi connectivity index (χ4v) is 2.95. The summed E-state index contributed by atoms with van der Waals surface area (Å²) in [6, 6.07) is 0. The molecule has 0 aromatic rings. The number of carbonyl (C=O) groups excluding carboxylic acids is 1. The van der Waals surface area contributed by atoms with Gasteiger partial charge in [-0.1, -0.05) is 19.9 Å². The summed E-state index contributed by atoms with van der Waals surface area (Å²) in [6.07, 6.45) is 7.42. The first kappa shape index (κ1) is 10.9. The number of allylic oxidation sites excluding steroid dienone is 1. The van der Waals surface area contributed by atoms with E-state index in [1.165, 1.54) is 12.8 Å². The Labute approximate surface area is 91.7 Å². The standard InChI is InChI=1S/C13H20O2/c1-10(14)5-6-11-12(2,3)7-4-8-13(11)9-15-13/h5-6,11H,4,7-9H2,1-3H3. The molecule has 2 atom stereocenters. The van der Waals surface area contributed by atoms with Gasteiger partial charge in [0.05, 0.1) is 12.2 Å². The molecule has 2 unspecified atom stereocenters. The van der Waals surface area contributed by atoms with Crippen molar-refractivity contribution < 1.29 is 9.53 Å². The van der Waals surface area contributed by atoms with E-state index in [-0.39, 0.29) is 16.8 Å². The van der Waals surface area contributed by atoms with E-state index in [2.05, 4.69) is 19.9 Å². The molecule has 0 aromatic carbocycles. The van der Waals surface area contributed by atoms with Crippen LogP contribution in [-0.4, -0.2) is 18.0 Å². The second-order valence-electron chi connectivity index (χ2n) is 5.64. The quantitative estimate of drug-likeness (QED) is 0.516. The molecule has 2 heteroatoms. The van der Waals surface area contributed by atoms with Crippen LogP contribution in [0.25, 0.3) is 0 Å². The van der Waals surface area contributed by atoms with E-state index in [0.717, 1.165) is 13.0 Å². The third-order valence-electron chi connectivity index (χ3n) is 3.87. The van der Waals surface area contributed by atoms with Crippen molar-refractivity contribution in [3.63, 3.8) is 0 Å². The number of hydrogen-bond donors (Lipinski definition) is 0. The molecule has 1 heterocycles. The van der Waals surface area contributed by atoms with Crippen LogP contribution in [0.15, 0.2) is 12.2 Å². The zero-order chi connectivity index (χ0) is 11.1. The van der Waals surface area contributed by atoms with E-state index in [1.54, 1.807) is 13.0 Å². The summed E-state index contributed by atoms with van der Waals surface area (Å²) in [7, 11) is 0. The number of epoxide rings is 1. The summed E-state index contributed by atoms with van der Waals surface area (Å²) in [5.41, 5.74) is 0.342. The summed E-state index contributed by atoms with van der Waals surface area (Å²) in [5, 5.41) is 0.